The molecule has 16 heavy (non-hydrogen) atoms. The molecule has 0 unspecified atom stereocenters. The van der Waals surface area contributed by atoms with Crippen molar-refractivity contribution in [3.05, 3.63) is 17.1 Å². The maximum atomic E-state index is 9.10. The van der Waals surface area contributed by atoms with E-state index in [-0.39, 0.29) is 0 Å². The summed E-state index contributed by atoms with van der Waals surface area (Å²) in [6.45, 7) is 6.31. The second-order valence-electron chi connectivity index (χ2n) is 3.94. The van der Waals surface area contributed by atoms with Gasteiger partial charge in [-0.3, -0.25) is 4.98 Å². The number of hydrogen-bond donors (Lipinski definition) is 4. The largest absolute Gasteiger partial charge is 0.432 e. The molecule has 0 aliphatic rings. The third kappa shape index (κ3) is 11.6. The summed E-state index contributed by atoms with van der Waals surface area (Å²) in [7, 11) is -0.750. The van der Waals surface area contributed by atoms with Crippen LogP contribution in [0.1, 0.15) is 27.7 Å². The predicted molar refractivity (Wildman–Crippen MR) is 66.3 cm³/mol. The lowest BCUT2D eigenvalue weighted by atomic mass is 9.90. The molecule has 1 rings (SSSR count). The van der Waals surface area contributed by atoms with Gasteiger partial charge in [-0.1, -0.05) is 0 Å². The standard InChI is InChI=1S/C6H14O2.C3H3NS.BH3O2/c1-5(2,7)6(3,4)8;1-2-5-3-4-1;2-1-3/h7-8H,1-4H3;1-3H;1-3H. The SMILES string of the molecule is CC(C)(O)C(C)(C)O.OBO.c1cscn1. The first-order valence-corrected chi connectivity index (χ1v) is 5.59. The topological polar surface area (TPSA) is 93.8 Å². The van der Waals surface area contributed by atoms with E-state index in [9.17, 15) is 0 Å². The van der Waals surface area contributed by atoms with Crippen LogP contribution in [0, 0.1) is 0 Å². The zero-order valence-electron chi connectivity index (χ0n) is 10.1. The fourth-order valence-electron chi connectivity index (χ4n) is 0.176. The lowest BCUT2D eigenvalue weighted by Crippen LogP contribution is -2.44. The summed E-state index contributed by atoms with van der Waals surface area (Å²) in [6, 6.07) is 0. The van der Waals surface area contributed by atoms with E-state index < -0.39 is 18.9 Å². The normalized spacial score (nSPS) is 10.5. The Morgan fingerprint density at radius 3 is 1.50 bits per heavy atom. The summed E-state index contributed by atoms with van der Waals surface area (Å²) >= 11 is 1.60. The molecular weight excluding hydrogens is 229 g/mol. The van der Waals surface area contributed by atoms with Crippen molar-refractivity contribution in [1.82, 2.24) is 4.98 Å². The van der Waals surface area contributed by atoms with Gasteiger partial charge in [0, 0.05) is 11.6 Å². The lowest BCUT2D eigenvalue weighted by molar-refractivity contribution is -0.107. The van der Waals surface area contributed by atoms with Crippen molar-refractivity contribution in [2.24, 2.45) is 0 Å². The molecule has 0 aliphatic carbocycles. The minimum atomic E-state index is -1.01. The highest BCUT2D eigenvalue weighted by Gasteiger charge is 2.31. The second-order valence-corrected chi connectivity index (χ2v) is 4.69. The molecule has 0 bridgehead atoms. The van der Waals surface area contributed by atoms with E-state index in [0.717, 1.165) is 0 Å². The van der Waals surface area contributed by atoms with Crippen LogP contribution in [0.25, 0.3) is 0 Å². The smallest absolute Gasteiger partial charge is 0.430 e. The highest BCUT2D eigenvalue weighted by Crippen LogP contribution is 2.19. The van der Waals surface area contributed by atoms with Crippen molar-refractivity contribution >= 4 is 19.0 Å². The minimum Gasteiger partial charge on any atom is -0.430 e. The average molecular weight is 249 g/mol. The Hall–Kier alpha value is -0.465. The minimum absolute atomic E-state index is 0.750. The molecule has 1 aromatic rings. The Kier molecular flexibility index (Phi) is 9.70. The fraction of sp³-hybridized carbons (Fsp3) is 0.667. The molecule has 1 heterocycles. The lowest BCUT2D eigenvalue weighted by Gasteiger charge is -2.31. The fourth-order valence-corrected chi connectivity index (χ4v) is 0.527. The molecule has 0 amide bonds. The van der Waals surface area contributed by atoms with Gasteiger partial charge in [0.15, 0.2) is 0 Å². The molecule has 7 heteroatoms. The molecule has 1 aromatic heterocycles. The summed E-state index contributed by atoms with van der Waals surface area (Å²) in [5.74, 6) is 0. The molecule has 0 spiro atoms. The van der Waals surface area contributed by atoms with Crippen molar-refractivity contribution in [2.45, 2.75) is 38.9 Å². The summed E-state index contributed by atoms with van der Waals surface area (Å²) in [5.41, 5.74) is -0.222. The Morgan fingerprint density at radius 1 is 1.06 bits per heavy atom. The van der Waals surface area contributed by atoms with Crippen LogP contribution in [0.4, 0.5) is 0 Å². The molecule has 5 nitrogen and oxygen atoms in total. The molecular formula is C9H20BNO4S. The second kappa shape index (κ2) is 8.66. The maximum absolute atomic E-state index is 9.10. The van der Waals surface area contributed by atoms with Gasteiger partial charge in [0.1, 0.15) is 0 Å². The van der Waals surface area contributed by atoms with Gasteiger partial charge in [-0.05, 0) is 27.7 Å². The van der Waals surface area contributed by atoms with Crippen LogP contribution < -0.4 is 0 Å². The van der Waals surface area contributed by atoms with Crippen LogP contribution in [-0.4, -0.2) is 44.1 Å². The van der Waals surface area contributed by atoms with Gasteiger partial charge in [0.2, 0.25) is 0 Å². The molecule has 0 atom stereocenters. The number of rotatable bonds is 1. The van der Waals surface area contributed by atoms with E-state index in [0.29, 0.717) is 0 Å². The number of aromatic nitrogens is 1. The molecule has 0 aromatic carbocycles. The predicted octanol–water partition coefficient (Wildman–Crippen LogP) is -0.0912. The number of thiazole rings is 1. The Labute approximate surface area is 101 Å². The Balaban J connectivity index is 0. The van der Waals surface area contributed by atoms with E-state index in [2.05, 4.69) is 4.98 Å². The monoisotopic (exact) mass is 249 g/mol. The van der Waals surface area contributed by atoms with E-state index in [1.807, 2.05) is 5.38 Å². The zero-order valence-corrected chi connectivity index (χ0v) is 10.9. The van der Waals surface area contributed by atoms with Gasteiger partial charge in [-0.2, -0.15) is 0 Å². The van der Waals surface area contributed by atoms with Crippen LogP contribution in [0.5, 0.6) is 0 Å². The highest BCUT2D eigenvalue weighted by atomic mass is 32.1. The molecule has 4 N–H and O–H groups in total. The average Bonchev–Trinajstić information content (AvgIpc) is 2.57. The van der Waals surface area contributed by atoms with Gasteiger partial charge in [-0.15, -0.1) is 11.3 Å². The van der Waals surface area contributed by atoms with Gasteiger partial charge >= 0.3 is 7.69 Å². The summed E-state index contributed by atoms with van der Waals surface area (Å²) in [6.07, 6.45) is 1.77. The first-order valence-electron chi connectivity index (χ1n) is 4.65. The highest BCUT2D eigenvalue weighted by molar-refractivity contribution is 7.07. The zero-order chi connectivity index (χ0) is 13.2. The molecule has 0 saturated heterocycles. The van der Waals surface area contributed by atoms with E-state index >= 15 is 0 Å². The van der Waals surface area contributed by atoms with Crippen molar-refractivity contribution in [3.8, 4) is 0 Å². The van der Waals surface area contributed by atoms with Crippen LogP contribution in [0.3, 0.4) is 0 Å². The van der Waals surface area contributed by atoms with Gasteiger partial charge in [0.05, 0.1) is 16.7 Å². The summed E-state index contributed by atoms with van der Waals surface area (Å²) in [5, 5.41) is 34.4. The van der Waals surface area contributed by atoms with Crippen molar-refractivity contribution in [1.29, 1.82) is 0 Å². The molecule has 0 fully saturated rings. The van der Waals surface area contributed by atoms with Gasteiger partial charge in [0.25, 0.3) is 0 Å². The summed E-state index contributed by atoms with van der Waals surface area (Å²) < 4.78 is 0. The number of nitrogens with zero attached hydrogens (tertiary/aromatic N) is 1. The Morgan fingerprint density at radius 2 is 1.44 bits per heavy atom. The maximum Gasteiger partial charge on any atom is 0.432 e. The van der Waals surface area contributed by atoms with Crippen molar-refractivity contribution in [3.63, 3.8) is 0 Å². The molecule has 0 aliphatic heterocycles. The van der Waals surface area contributed by atoms with Crippen LogP contribution in [0.15, 0.2) is 17.1 Å². The third-order valence-corrected chi connectivity index (χ3v) is 2.37. The number of aliphatic hydroxyl groups is 2. The van der Waals surface area contributed by atoms with Crippen LogP contribution >= 0.6 is 11.3 Å². The van der Waals surface area contributed by atoms with E-state index in [4.69, 9.17) is 20.3 Å². The summed E-state index contributed by atoms with van der Waals surface area (Å²) in [4.78, 5) is 3.74. The Bertz CT molecular complexity index is 201. The third-order valence-electron chi connectivity index (χ3n) is 1.84. The van der Waals surface area contributed by atoms with E-state index in [1.165, 1.54) is 0 Å². The van der Waals surface area contributed by atoms with Crippen molar-refractivity contribution in [2.75, 3.05) is 0 Å². The molecule has 0 saturated carbocycles. The van der Waals surface area contributed by atoms with Crippen LogP contribution in [-0.2, 0) is 0 Å². The van der Waals surface area contributed by atoms with Crippen LogP contribution in [0.2, 0.25) is 0 Å². The first kappa shape index (κ1) is 17.9. The quantitative estimate of drug-likeness (QED) is 0.522. The first-order chi connectivity index (χ1) is 7.16. The van der Waals surface area contributed by atoms with Crippen molar-refractivity contribution < 1.29 is 20.3 Å². The number of hydrogen-bond acceptors (Lipinski definition) is 6. The van der Waals surface area contributed by atoms with E-state index in [1.54, 1.807) is 50.7 Å². The molecule has 0 radical (unpaired) electrons. The van der Waals surface area contributed by atoms with Gasteiger partial charge in [-0.25, -0.2) is 0 Å². The van der Waals surface area contributed by atoms with Gasteiger partial charge < -0.3 is 20.3 Å². The molecule has 94 valence electrons.